The van der Waals surface area contributed by atoms with Crippen LogP contribution in [-0.4, -0.2) is 31.7 Å². The van der Waals surface area contributed by atoms with Gasteiger partial charge in [-0.3, -0.25) is 19.5 Å². The van der Waals surface area contributed by atoms with Gasteiger partial charge < -0.3 is 0 Å². The van der Waals surface area contributed by atoms with Gasteiger partial charge in [-0.2, -0.15) is 13.2 Å². The van der Waals surface area contributed by atoms with E-state index in [1.165, 1.54) is 0 Å². The summed E-state index contributed by atoms with van der Waals surface area (Å²) in [5.41, 5.74) is 2.53. The van der Waals surface area contributed by atoms with Gasteiger partial charge in [0, 0.05) is 23.7 Å². The van der Waals surface area contributed by atoms with Gasteiger partial charge in [0.05, 0.1) is 23.4 Å². The molecule has 9 heteroatoms. The van der Waals surface area contributed by atoms with Gasteiger partial charge in [0.1, 0.15) is 0 Å². The minimum atomic E-state index is -4.63. The van der Waals surface area contributed by atoms with Crippen LogP contribution >= 0.6 is 0 Å². The van der Waals surface area contributed by atoms with Gasteiger partial charge in [-0.1, -0.05) is 12.1 Å². The Morgan fingerprint density at radius 1 is 0.966 bits per heavy atom. The van der Waals surface area contributed by atoms with Crippen molar-refractivity contribution in [2.45, 2.75) is 19.6 Å². The molecule has 2 aromatic heterocycles. The number of hydrogen-bond acceptors (Lipinski definition) is 5. The molecule has 0 saturated carbocycles. The average molecular weight is 398 g/mol. The number of carbonyl (C=O) groups excluding carboxylic acids is 2. The minimum absolute atomic E-state index is 0.0181. The second-order valence-electron chi connectivity index (χ2n) is 6.54. The van der Waals surface area contributed by atoms with E-state index in [0.717, 1.165) is 17.3 Å². The maximum Gasteiger partial charge on any atom is 0.451 e. The summed E-state index contributed by atoms with van der Waals surface area (Å²) in [7, 11) is 0. The first-order chi connectivity index (χ1) is 13.7. The second-order valence-corrected chi connectivity index (χ2v) is 6.54. The summed E-state index contributed by atoms with van der Waals surface area (Å²) in [5, 5.41) is 0. The molecule has 146 valence electrons. The Hall–Kier alpha value is -3.62. The van der Waals surface area contributed by atoms with E-state index in [1.54, 1.807) is 43.3 Å². The molecule has 3 heterocycles. The summed E-state index contributed by atoms with van der Waals surface area (Å²) in [6.45, 7) is 1.73. The summed E-state index contributed by atoms with van der Waals surface area (Å²) in [4.78, 5) is 37.2. The minimum Gasteiger partial charge on any atom is -0.270 e. The molecule has 0 atom stereocenters. The molecule has 1 aliphatic rings. The van der Waals surface area contributed by atoms with Crippen LogP contribution in [0.3, 0.4) is 0 Å². The van der Waals surface area contributed by atoms with Crippen LogP contribution in [0.25, 0.3) is 11.3 Å². The molecule has 0 bridgehead atoms. The van der Waals surface area contributed by atoms with E-state index in [2.05, 4.69) is 15.0 Å². The van der Waals surface area contributed by atoms with Crippen LogP contribution in [0.2, 0.25) is 0 Å². The lowest BCUT2D eigenvalue weighted by Crippen LogP contribution is -2.29. The predicted octanol–water partition coefficient (Wildman–Crippen LogP) is 3.66. The molecule has 2 amide bonds. The van der Waals surface area contributed by atoms with E-state index in [-0.39, 0.29) is 18.4 Å². The zero-order valence-electron chi connectivity index (χ0n) is 15.1. The number of imide groups is 1. The van der Waals surface area contributed by atoms with Crippen molar-refractivity contribution >= 4 is 11.8 Å². The van der Waals surface area contributed by atoms with E-state index in [0.29, 0.717) is 33.6 Å². The first-order valence-corrected chi connectivity index (χ1v) is 8.56. The van der Waals surface area contributed by atoms with Crippen LogP contribution in [0, 0.1) is 6.92 Å². The van der Waals surface area contributed by atoms with E-state index < -0.39 is 12.0 Å². The van der Waals surface area contributed by atoms with Gasteiger partial charge in [0.25, 0.3) is 11.8 Å². The average Bonchev–Trinajstić information content (AvgIpc) is 2.92. The quantitative estimate of drug-likeness (QED) is 0.630. The van der Waals surface area contributed by atoms with Crippen molar-refractivity contribution in [2.75, 3.05) is 0 Å². The van der Waals surface area contributed by atoms with Gasteiger partial charge >= 0.3 is 6.18 Å². The Morgan fingerprint density at radius 2 is 1.55 bits per heavy atom. The third-order valence-corrected chi connectivity index (χ3v) is 4.43. The first-order valence-electron chi connectivity index (χ1n) is 8.56. The highest BCUT2D eigenvalue weighted by molar-refractivity contribution is 6.21. The van der Waals surface area contributed by atoms with Gasteiger partial charge in [0.15, 0.2) is 0 Å². The molecule has 0 fully saturated rings. The number of rotatable bonds is 3. The largest absolute Gasteiger partial charge is 0.451 e. The van der Waals surface area contributed by atoms with E-state index in [1.807, 2.05) is 0 Å². The third-order valence-electron chi connectivity index (χ3n) is 4.43. The molecule has 0 radical (unpaired) electrons. The fraction of sp³-hybridized carbons (Fsp3) is 0.150. The molecule has 0 spiro atoms. The molecular weight excluding hydrogens is 385 g/mol. The smallest absolute Gasteiger partial charge is 0.270 e. The Kier molecular flexibility index (Phi) is 4.37. The van der Waals surface area contributed by atoms with Crippen molar-refractivity contribution in [3.05, 3.63) is 77.0 Å². The van der Waals surface area contributed by atoms with Crippen molar-refractivity contribution < 1.29 is 22.8 Å². The molecule has 1 aliphatic heterocycles. The van der Waals surface area contributed by atoms with Crippen LogP contribution in [0.1, 0.15) is 37.8 Å². The number of aryl methyl sites for hydroxylation is 1. The zero-order chi connectivity index (χ0) is 20.8. The summed E-state index contributed by atoms with van der Waals surface area (Å²) >= 11 is 0. The maximum atomic E-state index is 12.7. The maximum absolute atomic E-state index is 12.7. The number of halogens is 3. The molecular formula is C20H13F3N4O2. The number of nitrogens with zero attached hydrogens (tertiary/aromatic N) is 4. The summed E-state index contributed by atoms with van der Waals surface area (Å²) in [6, 6.07) is 9.87. The highest BCUT2D eigenvalue weighted by Crippen LogP contribution is 2.28. The zero-order valence-corrected chi connectivity index (χ0v) is 15.1. The fourth-order valence-electron chi connectivity index (χ4n) is 3.15. The molecule has 0 unspecified atom stereocenters. The normalized spacial score (nSPS) is 13.7. The number of carbonyl (C=O) groups is 2. The number of amides is 2. The van der Waals surface area contributed by atoms with Gasteiger partial charge in [-0.15, -0.1) is 0 Å². The third kappa shape index (κ3) is 3.46. The van der Waals surface area contributed by atoms with E-state index in [9.17, 15) is 22.8 Å². The standard InChI is InChI=1S/C20H13F3N4O2/c1-11-6-12(10-27-17(28)14-4-2-3-5-15(14)18(27)29)7-16(26-11)13-8-24-19(25-9-13)20(21,22)23/h2-9H,10H2,1H3. The predicted molar refractivity (Wildman–Crippen MR) is 95.6 cm³/mol. The lowest BCUT2D eigenvalue weighted by molar-refractivity contribution is -0.145. The second kappa shape index (κ2) is 6.77. The Labute approximate surface area is 163 Å². The van der Waals surface area contributed by atoms with Gasteiger partial charge in [-0.05, 0) is 36.8 Å². The number of pyridine rings is 1. The highest BCUT2D eigenvalue weighted by Gasteiger charge is 2.35. The van der Waals surface area contributed by atoms with Crippen molar-refractivity contribution in [3.63, 3.8) is 0 Å². The lowest BCUT2D eigenvalue weighted by Gasteiger charge is -2.15. The molecule has 0 aliphatic carbocycles. The molecule has 4 rings (SSSR count). The molecule has 3 aromatic rings. The molecule has 1 aromatic carbocycles. The van der Waals surface area contributed by atoms with Crippen LogP contribution in [0.15, 0.2) is 48.8 Å². The number of fused-ring (bicyclic) bond motifs is 1. The SMILES string of the molecule is Cc1cc(CN2C(=O)c3ccccc3C2=O)cc(-c2cnc(C(F)(F)F)nc2)n1. The van der Waals surface area contributed by atoms with E-state index in [4.69, 9.17) is 0 Å². The summed E-state index contributed by atoms with van der Waals surface area (Å²) in [5.74, 6) is -2.01. The Bertz CT molecular complexity index is 1090. The van der Waals surface area contributed by atoms with Crippen molar-refractivity contribution in [3.8, 4) is 11.3 Å². The highest BCUT2D eigenvalue weighted by atomic mass is 19.4. The Balaban J connectivity index is 1.63. The van der Waals surface area contributed by atoms with Crippen molar-refractivity contribution in [2.24, 2.45) is 0 Å². The summed E-state index contributed by atoms with van der Waals surface area (Å²) in [6.07, 6.45) is -2.54. The first kappa shape index (κ1) is 18.7. The van der Waals surface area contributed by atoms with Gasteiger partial charge in [0.2, 0.25) is 5.82 Å². The number of hydrogen-bond donors (Lipinski definition) is 0. The van der Waals surface area contributed by atoms with Crippen LogP contribution < -0.4 is 0 Å². The van der Waals surface area contributed by atoms with Crippen molar-refractivity contribution in [1.29, 1.82) is 0 Å². The Morgan fingerprint density at radius 3 is 2.10 bits per heavy atom. The molecule has 29 heavy (non-hydrogen) atoms. The number of aromatic nitrogens is 3. The van der Waals surface area contributed by atoms with Gasteiger partial charge in [-0.25, -0.2) is 9.97 Å². The van der Waals surface area contributed by atoms with Crippen LogP contribution in [-0.2, 0) is 12.7 Å². The monoisotopic (exact) mass is 398 g/mol. The number of alkyl halides is 3. The lowest BCUT2D eigenvalue weighted by atomic mass is 10.1. The van der Waals surface area contributed by atoms with Crippen molar-refractivity contribution in [1.82, 2.24) is 19.9 Å². The molecule has 6 nitrogen and oxygen atoms in total. The van der Waals surface area contributed by atoms with Crippen LogP contribution in [0.4, 0.5) is 13.2 Å². The molecule has 0 N–H and O–H groups in total. The summed E-state index contributed by atoms with van der Waals surface area (Å²) < 4.78 is 38.0. The molecule has 0 saturated heterocycles. The fourth-order valence-corrected chi connectivity index (χ4v) is 3.15. The topological polar surface area (TPSA) is 76.1 Å². The van der Waals surface area contributed by atoms with Crippen LogP contribution in [0.5, 0.6) is 0 Å². The van der Waals surface area contributed by atoms with E-state index >= 15 is 0 Å². The number of benzene rings is 1.